The van der Waals surface area contributed by atoms with Crippen LogP contribution in [0.1, 0.15) is 55.6 Å². The SMILES string of the molecule is N#CC[C@H]1CC[C@@H](n2c(CC(=O)NCC(O)c3ccccc3)nc3cnc4[nH]ccc4c32)CC1. The molecule has 0 saturated heterocycles. The van der Waals surface area contributed by atoms with Crippen molar-refractivity contribution in [1.29, 1.82) is 5.26 Å². The third-order valence-corrected chi connectivity index (χ3v) is 6.86. The minimum absolute atomic E-state index is 0.125. The van der Waals surface area contributed by atoms with Crippen molar-refractivity contribution in [3.05, 3.63) is 60.2 Å². The number of nitrogens with one attached hydrogen (secondary N) is 2. The first-order valence-electron chi connectivity index (χ1n) is 11.8. The summed E-state index contributed by atoms with van der Waals surface area (Å²) in [7, 11) is 0. The molecule has 3 heterocycles. The number of carbonyl (C=O) groups excluding carboxylic acids is 1. The predicted octanol–water partition coefficient (Wildman–Crippen LogP) is 3.95. The Morgan fingerprint density at radius 2 is 2.03 bits per heavy atom. The van der Waals surface area contributed by atoms with E-state index in [9.17, 15) is 9.90 Å². The molecule has 0 spiro atoms. The van der Waals surface area contributed by atoms with Crippen LogP contribution in [0, 0.1) is 17.2 Å². The van der Waals surface area contributed by atoms with Crippen LogP contribution in [0.25, 0.3) is 22.1 Å². The van der Waals surface area contributed by atoms with Crippen molar-refractivity contribution in [1.82, 2.24) is 24.8 Å². The molecule has 1 unspecified atom stereocenters. The maximum Gasteiger partial charge on any atom is 0.227 e. The number of carbonyl (C=O) groups is 1. The highest BCUT2D eigenvalue weighted by Crippen LogP contribution is 2.38. The Kier molecular flexibility index (Phi) is 6.28. The molecule has 34 heavy (non-hydrogen) atoms. The fraction of sp³-hybridized carbons (Fsp3) is 0.385. The molecule has 5 rings (SSSR count). The molecular formula is C26H28N6O2. The summed E-state index contributed by atoms with van der Waals surface area (Å²) in [6, 6.07) is 13.8. The number of fused-ring (bicyclic) bond motifs is 3. The molecule has 8 nitrogen and oxygen atoms in total. The normalized spacial score (nSPS) is 19.2. The first-order chi connectivity index (χ1) is 16.6. The lowest BCUT2D eigenvalue weighted by Gasteiger charge is -2.30. The zero-order valence-corrected chi connectivity index (χ0v) is 18.9. The predicted molar refractivity (Wildman–Crippen MR) is 129 cm³/mol. The van der Waals surface area contributed by atoms with Crippen molar-refractivity contribution < 1.29 is 9.90 Å². The highest BCUT2D eigenvalue weighted by Gasteiger charge is 2.27. The molecule has 3 N–H and O–H groups in total. The lowest BCUT2D eigenvalue weighted by Crippen LogP contribution is -2.31. The maximum absolute atomic E-state index is 12.9. The molecule has 3 aromatic heterocycles. The van der Waals surface area contributed by atoms with Crippen LogP contribution in [0.3, 0.4) is 0 Å². The molecule has 8 heteroatoms. The fourth-order valence-corrected chi connectivity index (χ4v) is 5.10. The average molecular weight is 457 g/mol. The summed E-state index contributed by atoms with van der Waals surface area (Å²) in [5, 5.41) is 23.3. The number of aromatic amines is 1. The lowest BCUT2D eigenvalue weighted by molar-refractivity contribution is -0.121. The minimum atomic E-state index is -0.761. The average Bonchev–Trinajstić information content (AvgIpc) is 3.48. The van der Waals surface area contributed by atoms with Crippen molar-refractivity contribution in [3.8, 4) is 6.07 Å². The summed E-state index contributed by atoms with van der Waals surface area (Å²) in [6.45, 7) is 0.145. The third kappa shape index (κ3) is 4.39. The lowest BCUT2D eigenvalue weighted by atomic mass is 9.84. The van der Waals surface area contributed by atoms with E-state index in [1.807, 2.05) is 42.6 Å². The van der Waals surface area contributed by atoms with Gasteiger partial charge in [0.1, 0.15) is 17.0 Å². The van der Waals surface area contributed by atoms with Gasteiger partial charge in [-0.2, -0.15) is 5.26 Å². The van der Waals surface area contributed by atoms with E-state index in [0.717, 1.165) is 53.3 Å². The van der Waals surface area contributed by atoms with Gasteiger partial charge in [0.15, 0.2) is 0 Å². The Balaban J connectivity index is 1.40. The van der Waals surface area contributed by atoms with E-state index in [1.165, 1.54) is 0 Å². The van der Waals surface area contributed by atoms with Gasteiger partial charge in [0.25, 0.3) is 0 Å². The number of benzene rings is 1. The van der Waals surface area contributed by atoms with Gasteiger partial charge >= 0.3 is 0 Å². The van der Waals surface area contributed by atoms with Crippen LogP contribution in [0.4, 0.5) is 0 Å². The topological polar surface area (TPSA) is 120 Å². The van der Waals surface area contributed by atoms with E-state index in [2.05, 4.69) is 25.9 Å². The van der Waals surface area contributed by atoms with Gasteiger partial charge in [-0.15, -0.1) is 0 Å². The number of nitriles is 1. The van der Waals surface area contributed by atoms with Crippen LogP contribution in [0.5, 0.6) is 0 Å². The number of aliphatic hydroxyl groups excluding tert-OH is 1. The van der Waals surface area contributed by atoms with E-state index in [1.54, 1.807) is 6.20 Å². The number of H-pyrrole nitrogens is 1. The number of pyridine rings is 1. The molecule has 1 aliphatic carbocycles. The van der Waals surface area contributed by atoms with Crippen LogP contribution in [0.2, 0.25) is 0 Å². The molecule has 1 aromatic carbocycles. The molecule has 0 aliphatic heterocycles. The van der Waals surface area contributed by atoms with Crippen LogP contribution >= 0.6 is 0 Å². The Morgan fingerprint density at radius 3 is 2.79 bits per heavy atom. The molecule has 174 valence electrons. The summed E-state index contributed by atoms with van der Waals surface area (Å²) in [6.07, 6.45) is 7.48. The van der Waals surface area contributed by atoms with Crippen molar-refractivity contribution in [2.75, 3.05) is 6.54 Å². The largest absolute Gasteiger partial charge is 0.387 e. The first kappa shape index (κ1) is 22.1. The number of hydrogen-bond donors (Lipinski definition) is 3. The summed E-state index contributed by atoms with van der Waals surface area (Å²) in [4.78, 5) is 25.3. The summed E-state index contributed by atoms with van der Waals surface area (Å²) < 4.78 is 2.23. The van der Waals surface area contributed by atoms with Crippen LogP contribution in [-0.4, -0.2) is 37.1 Å². The second-order valence-corrected chi connectivity index (χ2v) is 9.07. The molecule has 1 atom stereocenters. The highest BCUT2D eigenvalue weighted by atomic mass is 16.3. The highest BCUT2D eigenvalue weighted by molar-refractivity contribution is 6.01. The summed E-state index contributed by atoms with van der Waals surface area (Å²) >= 11 is 0. The second-order valence-electron chi connectivity index (χ2n) is 9.07. The van der Waals surface area contributed by atoms with Crippen molar-refractivity contribution in [2.45, 2.75) is 50.7 Å². The molecule has 0 radical (unpaired) electrons. The van der Waals surface area contributed by atoms with Crippen LogP contribution in [0.15, 0.2) is 48.8 Å². The molecule has 1 aliphatic rings. The third-order valence-electron chi connectivity index (χ3n) is 6.86. The quantitative estimate of drug-likeness (QED) is 0.389. The Labute approximate surface area is 197 Å². The van der Waals surface area contributed by atoms with Gasteiger partial charge in [-0.25, -0.2) is 9.97 Å². The summed E-state index contributed by atoms with van der Waals surface area (Å²) in [5.41, 5.74) is 3.35. The molecule has 4 aromatic rings. The van der Waals surface area contributed by atoms with Gasteiger partial charge in [0, 0.05) is 30.6 Å². The number of imidazole rings is 1. The number of aliphatic hydroxyl groups is 1. The standard InChI is InChI=1S/C26H28N6O2/c27-12-10-17-6-8-19(9-7-17)32-23(31-21-15-30-26-20(25(21)32)11-13-28-26)14-24(34)29-16-22(33)18-4-2-1-3-5-18/h1-5,11,13,15,17,19,22,33H,6-10,14,16H2,(H,28,30)(H,29,34)/t17-,19+,22?. The fourth-order valence-electron chi connectivity index (χ4n) is 5.10. The van der Waals surface area contributed by atoms with Gasteiger partial charge in [0.2, 0.25) is 5.91 Å². The van der Waals surface area contributed by atoms with Crippen molar-refractivity contribution in [3.63, 3.8) is 0 Å². The van der Waals surface area contributed by atoms with E-state index in [4.69, 9.17) is 10.2 Å². The number of nitrogens with zero attached hydrogens (tertiary/aromatic N) is 4. The summed E-state index contributed by atoms with van der Waals surface area (Å²) in [5.74, 6) is 0.972. The van der Waals surface area contributed by atoms with Gasteiger partial charge in [-0.1, -0.05) is 30.3 Å². The van der Waals surface area contributed by atoms with Gasteiger partial charge in [-0.3, -0.25) is 4.79 Å². The smallest absolute Gasteiger partial charge is 0.227 e. The zero-order chi connectivity index (χ0) is 23.5. The second kappa shape index (κ2) is 9.65. The first-order valence-corrected chi connectivity index (χ1v) is 11.8. The maximum atomic E-state index is 12.9. The van der Waals surface area contributed by atoms with Crippen LogP contribution in [-0.2, 0) is 11.2 Å². The Hall–Kier alpha value is -3.70. The zero-order valence-electron chi connectivity index (χ0n) is 18.9. The Bertz CT molecular complexity index is 1330. The van der Waals surface area contributed by atoms with E-state index in [0.29, 0.717) is 18.2 Å². The number of hydrogen-bond acceptors (Lipinski definition) is 5. The molecule has 1 fully saturated rings. The number of aromatic nitrogens is 4. The molecule has 0 bridgehead atoms. The Morgan fingerprint density at radius 1 is 1.24 bits per heavy atom. The number of amides is 1. The molecule has 1 saturated carbocycles. The van der Waals surface area contributed by atoms with E-state index >= 15 is 0 Å². The monoisotopic (exact) mass is 456 g/mol. The molecular weight excluding hydrogens is 428 g/mol. The van der Waals surface area contributed by atoms with Crippen LogP contribution < -0.4 is 5.32 Å². The van der Waals surface area contributed by atoms with Gasteiger partial charge in [-0.05, 0) is 43.2 Å². The number of rotatable bonds is 7. The minimum Gasteiger partial charge on any atom is -0.387 e. The molecule has 1 amide bonds. The van der Waals surface area contributed by atoms with Crippen molar-refractivity contribution >= 4 is 28.0 Å². The van der Waals surface area contributed by atoms with E-state index < -0.39 is 6.10 Å². The van der Waals surface area contributed by atoms with E-state index in [-0.39, 0.29) is 24.9 Å². The van der Waals surface area contributed by atoms with Crippen molar-refractivity contribution in [2.24, 2.45) is 5.92 Å². The van der Waals surface area contributed by atoms with Gasteiger partial charge < -0.3 is 20.0 Å². The van der Waals surface area contributed by atoms with Gasteiger partial charge in [0.05, 0.1) is 30.3 Å².